The van der Waals surface area contributed by atoms with Crippen LogP contribution in [-0.4, -0.2) is 20.4 Å². The predicted octanol–water partition coefficient (Wildman–Crippen LogP) is 4.35. The van der Waals surface area contributed by atoms with E-state index in [0.29, 0.717) is 5.88 Å². The number of rotatable bonds is 4. The van der Waals surface area contributed by atoms with Crippen molar-refractivity contribution in [1.82, 2.24) is 14.5 Å². The monoisotopic (exact) mass is 305 g/mol. The van der Waals surface area contributed by atoms with Crippen molar-refractivity contribution in [1.29, 1.82) is 0 Å². The number of hydrogen-bond acceptors (Lipinski definition) is 2. The van der Waals surface area contributed by atoms with E-state index in [2.05, 4.69) is 17.6 Å². The Labute approximate surface area is 131 Å². The van der Waals surface area contributed by atoms with Gasteiger partial charge in [0.2, 0.25) is 0 Å². The third kappa shape index (κ3) is 3.23. The Kier molecular flexibility index (Phi) is 4.48. The molecule has 3 rings (SSSR count). The molecule has 0 bridgehead atoms. The minimum Gasteiger partial charge on any atom is -0.312 e. The largest absolute Gasteiger partial charge is 0.312 e. The van der Waals surface area contributed by atoms with Crippen molar-refractivity contribution in [2.24, 2.45) is 11.8 Å². The van der Waals surface area contributed by atoms with Crippen LogP contribution >= 0.6 is 11.6 Å². The molecule has 1 saturated carbocycles. The van der Waals surface area contributed by atoms with Crippen LogP contribution in [0.5, 0.6) is 0 Å². The van der Waals surface area contributed by atoms with Crippen LogP contribution < -0.4 is 0 Å². The second-order valence-electron chi connectivity index (χ2n) is 6.50. The molecule has 21 heavy (non-hydrogen) atoms. The van der Waals surface area contributed by atoms with Gasteiger partial charge in [-0.2, -0.15) is 0 Å². The highest BCUT2D eigenvalue weighted by Crippen LogP contribution is 2.30. The molecule has 0 spiro atoms. The first-order valence-corrected chi connectivity index (χ1v) is 8.59. The van der Waals surface area contributed by atoms with Crippen molar-refractivity contribution >= 4 is 22.8 Å². The van der Waals surface area contributed by atoms with E-state index in [1.54, 1.807) is 0 Å². The third-order valence-corrected chi connectivity index (χ3v) is 4.89. The molecule has 3 nitrogen and oxygen atoms in total. The second-order valence-corrected chi connectivity index (χ2v) is 6.88. The van der Waals surface area contributed by atoms with Crippen LogP contribution in [0.3, 0.4) is 0 Å². The first kappa shape index (κ1) is 14.8. The Balaban J connectivity index is 1.91. The van der Waals surface area contributed by atoms with Gasteiger partial charge in [0.05, 0.1) is 0 Å². The molecule has 0 saturated heterocycles. The number of alkyl halides is 1. The number of hydrogen-bond donors (Lipinski definition) is 0. The Morgan fingerprint density at radius 3 is 2.67 bits per heavy atom. The van der Waals surface area contributed by atoms with E-state index in [1.807, 2.05) is 13.0 Å². The van der Waals surface area contributed by atoms with Crippen LogP contribution in [0.1, 0.15) is 44.1 Å². The molecule has 2 aromatic heterocycles. The summed E-state index contributed by atoms with van der Waals surface area (Å²) in [5, 5.41) is 0. The third-order valence-electron chi connectivity index (χ3n) is 4.70. The minimum absolute atomic E-state index is 0.615. The molecule has 4 heteroatoms. The summed E-state index contributed by atoms with van der Waals surface area (Å²) >= 11 is 5.95. The Morgan fingerprint density at radius 2 is 1.95 bits per heavy atom. The van der Waals surface area contributed by atoms with Gasteiger partial charge in [0.15, 0.2) is 5.65 Å². The van der Waals surface area contributed by atoms with Crippen LogP contribution in [-0.2, 0) is 13.0 Å². The summed E-state index contributed by atoms with van der Waals surface area (Å²) in [6.45, 7) is 5.46. The zero-order chi connectivity index (χ0) is 14.8. The zero-order valence-corrected chi connectivity index (χ0v) is 13.7. The standard InChI is InChI=1S/C17H24ClN3/c1-12-3-6-14(7-4-12)11-21-16(9-10-18)20-15-8-5-13(2)19-17(15)21/h5,8,12,14H,3-4,6-7,9-11H2,1-2H3. The second kappa shape index (κ2) is 6.35. The smallest absolute Gasteiger partial charge is 0.160 e. The van der Waals surface area contributed by atoms with Gasteiger partial charge < -0.3 is 4.57 Å². The van der Waals surface area contributed by atoms with E-state index in [0.717, 1.165) is 47.5 Å². The maximum Gasteiger partial charge on any atom is 0.160 e. The van der Waals surface area contributed by atoms with Crippen molar-refractivity contribution in [3.8, 4) is 0 Å². The van der Waals surface area contributed by atoms with E-state index in [9.17, 15) is 0 Å². The predicted molar refractivity (Wildman–Crippen MR) is 87.8 cm³/mol. The lowest BCUT2D eigenvalue weighted by molar-refractivity contribution is 0.264. The van der Waals surface area contributed by atoms with Gasteiger partial charge in [-0.25, -0.2) is 9.97 Å². The fraction of sp³-hybridized carbons (Fsp3) is 0.647. The molecule has 1 aliphatic rings. The summed E-state index contributed by atoms with van der Waals surface area (Å²) in [7, 11) is 0. The van der Waals surface area contributed by atoms with E-state index in [4.69, 9.17) is 21.6 Å². The van der Waals surface area contributed by atoms with E-state index < -0.39 is 0 Å². The van der Waals surface area contributed by atoms with E-state index in [-0.39, 0.29) is 0 Å². The highest BCUT2D eigenvalue weighted by molar-refractivity contribution is 6.17. The molecular formula is C17H24ClN3. The fourth-order valence-electron chi connectivity index (χ4n) is 3.38. The SMILES string of the molecule is Cc1ccc2nc(CCCl)n(CC3CCC(C)CC3)c2n1. The van der Waals surface area contributed by atoms with Crippen molar-refractivity contribution in [2.45, 2.75) is 52.5 Å². The van der Waals surface area contributed by atoms with Gasteiger partial charge in [-0.05, 0) is 43.7 Å². The van der Waals surface area contributed by atoms with Gasteiger partial charge in [-0.3, -0.25) is 0 Å². The van der Waals surface area contributed by atoms with Crippen LogP contribution in [0, 0.1) is 18.8 Å². The van der Waals surface area contributed by atoms with Gasteiger partial charge in [0.25, 0.3) is 0 Å². The van der Waals surface area contributed by atoms with Crippen molar-refractivity contribution < 1.29 is 0 Å². The first-order chi connectivity index (χ1) is 10.2. The lowest BCUT2D eigenvalue weighted by Gasteiger charge is -2.27. The van der Waals surface area contributed by atoms with E-state index in [1.165, 1.54) is 25.7 Å². The quantitative estimate of drug-likeness (QED) is 0.786. The van der Waals surface area contributed by atoms with Crippen molar-refractivity contribution in [2.75, 3.05) is 5.88 Å². The first-order valence-electron chi connectivity index (χ1n) is 8.06. The summed E-state index contributed by atoms with van der Waals surface area (Å²) in [5.41, 5.74) is 3.09. The molecule has 0 atom stereocenters. The molecular weight excluding hydrogens is 282 g/mol. The summed E-state index contributed by atoms with van der Waals surface area (Å²) < 4.78 is 2.32. The molecule has 0 N–H and O–H groups in total. The molecule has 114 valence electrons. The molecule has 0 aromatic carbocycles. The molecule has 1 fully saturated rings. The number of nitrogens with zero attached hydrogens (tertiary/aromatic N) is 3. The van der Waals surface area contributed by atoms with Gasteiger partial charge in [0.1, 0.15) is 11.3 Å². The van der Waals surface area contributed by atoms with Crippen LogP contribution in [0.2, 0.25) is 0 Å². The number of imidazole rings is 1. The fourth-order valence-corrected chi connectivity index (χ4v) is 3.55. The summed E-state index contributed by atoms with van der Waals surface area (Å²) in [4.78, 5) is 9.46. The highest BCUT2D eigenvalue weighted by atomic mass is 35.5. The normalized spacial score (nSPS) is 22.8. The average Bonchev–Trinajstić information content (AvgIpc) is 2.79. The number of aryl methyl sites for hydroxylation is 2. The minimum atomic E-state index is 0.615. The lowest BCUT2D eigenvalue weighted by Crippen LogP contribution is -2.19. The van der Waals surface area contributed by atoms with Gasteiger partial charge >= 0.3 is 0 Å². The van der Waals surface area contributed by atoms with Crippen molar-refractivity contribution in [3.05, 3.63) is 23.7 Å². The summed E-state index contributed by atoms with van der Waals surface area (Å²) in [5.74, 6) is 3.36. The van der Waals surface area contributed by atoms with Crippen LogP contribution in [0.15, 0.2) is 12.1 Å². The molecule has 0 aliphatic heterocycles. The van der Waals surface area contributed by atoms with Gasteiger partial charge in [0, 0.05) is 24.5 Å². The molecule has 0 amide bonds. The van der Waals surface area contributed by atoms with Crippen LogP contribution in [0.4, 0.5) is 0 Å². The zero-order valence-electron chi connectivity index (χ0n) is 13.0. The van der Waals surface area contributed by atoms with Crippen LogP contribution in [0.25, 0.3) is 11.2 Å². The van der Waals surface area contributed by atoms with E-state index >= 15 is 0 Å². The Hall–Kier alpha value is -1.09. The molecule has 0 radical (unpaired) electrons. The van der Waals surface area contributed by atoms with Gasteiger partial charge in [-0.1, -0.05) is 19.8 Å². The topological polar surface area (TPSA) is 30.7 Å². The molecule has 1 aliphatic carbocycles. The number of pyridine rings is 1. The lowest BCUT2D eigenvalue weighted by atomic mass is 9.83. The van der Waals surface area contributed by atoms with Crippen molar-refractivity contribution in [3.63, 3.8) is 0 Å². The molecule has 2 heterocycles. The summed E-state index contributed by atoms with van der Waals surface area (Å²) in [6, 6.07) is 4.11. The number of halogens is 1. The maximum atomic E-state index is 5.95. The molecule has 0 unspecified atom stereocenters. The summed E-state index contributed by atoms with van der Waals surface area (Å²) in [6.07, 6.45) is 6.18. The maximum absolute atomic E-state index is 5.95. The number of fused-ring (bicyclic) bond motifs is 1. The Bertz CT molecular complexity index is 612. The van der Waals surface area contributed by atoms with Gasteiger partial charge in [-0.15, -0.1) is 11.6 Å². The average molecular weight is 306 g/mol. The molecule has 2 aromatic rings. The number of aromatic nitrogens is 3. The highest BCUT2D eigenvalue weighted by Gasteiger charge is 2.21. The Morgan fingerprint density at radius 1 is 1.19 bits per heavy atom.